The van der Waals surface area contributed by atoms with Gasteiger partial charge in [-0.25, -0.2) is 8.42 Å². The van der Waals surface area contributed by atoms with Crippen molar-refractivity contribution in [2.24, 2.45) is 5.41 Å². The smallest absolute Gasteiger partial charge is 0.243 e. The highest BCUT2D eigenvalue weighted by Gasteiger charge is 2.48. The highest BCUT2D eigenvalue weighted by molar-refractivity contribution is 7.89. The third-order valence-corrected chi connectivity index (χ3v) is 7.90. The zero-order chi connectivity index (χ0) is 21.2. The van der Waals surface area contributed by atoms with Gasteiger partial charge in [0.1, 0.15) is 5.75 Å². The quantitative estimate of drug-likeness (QED) is 0.624. The van der Waals surface area contributed by atoms with Crippen LogP contribution in [0, 0.1) is 12.3 Å². The van der Waals surface area contributed by atoms with Gasteiger partial charge in [0.15, 0.2) is 0 Å². The molecule has 5 heteroatoms. The Bertz CT molecular complexity index is 1010. The second kappa shape index (κ2) is 8.17. The Kier molecular flexibility index (Phi) is 6.01. The standard InChI is InChI=1S/C24H29NO3S/c1-18(2)24(4)16-17-25(29(26,27)22-13-6-19(3)7-14-22)23(24)15-10-20-8-11-21(28-5)12-9-20/h6-15,23H,1,16-17H2,2-5H3/b15-10+/t23-,24+/m1/s1. The fraction of sp³-hybridized carbons (Fsp3) is 0.333. The van der Waals surface area contributed by atoms with E-state index in [2.05, 4.69) is 13.5 Å². The largest absolute Gasteiger partial charge is 0.497 e. The summed E-state index contributed by atoms with van der Waals surface area (Å²) >= 11 is 0. The van der Waals surface area contributed by atoms with Crippen LogP contribution >= 0.6 is 0 Å². The maximum Gasteiger partial charge on any atom is 0.243 e. The van der Waals surface area contributed by atoms with E-state index in [0.717, 1.165) is 28.9 Å². The third-order valence-electron chi connectivity index (χ3n) is 6.00. The Hall–Kier alpha value is -2.37. The van der Waals surface area contributed by atoms with E-state index in [9.17, 15) is 8.42 Å². The lowest BCUT2D eigenvalue weighted by Crippen LogP contribution is -2.40. The molecule has 4 nitrogen and oxygen atoms in total. The SMILES string of the molecule is C=C(C)[C@]1(C)CCN(S(=O)(=O)c2ccc(C)cc2)[C@@H]1/C=C/c1ccc(OC)cc1. The van der Waals surface area contributed by atoms with E-state index >= 15 is 0 Å². The molecular weight excluding hydrogens is 382 g/mol. The van der Waals surface area contributed by atoms with Gasteiger partial charge in [0.2, 0.25) is 10.0 Å². The number of aryl methyl sites for hydroxylation is 1. The minimum atomic E-state index is -3.60. The molecule has 1 fully saturated rings. The van der Waals surface area contributed by atoms with Gasteiger partial charge in [-0.05, 0) is 50.1 Å². The van der Waals surface area contributed by atoms with Crippen LogP contribution in [0.5, 0.6) is 5.75 Å². The molecule has 0 bridgehead atoms. The van der Waals surface area contributed by atoms with Crippen LogP contribution in [0.15, 0.2) is 71.7 Å². The van der Waals surface area contributed by atoms with Gasteiger partial charge >= 0.3 is 0 Å². The van der Waals surface area contributed by atoms with Crippen molar-refractivity contribution in [2.75, 3.05) is 13.7 Å². The average Bonchev–Trinajstić information content (AvgIpc) is 3.05. The monoisotopic (exact) mass is 411 g/mol. The number of nitrogens with zero attached hydrogens (tertiary/aromatic N) is 1. The first-order chi connectivity index (χ1) is 13.7. The Labute approximate surface area is 174 Å². The lowest BCUT2D eigenvalue weighted by molar-refractivity contribution is 0.327. The Balaban J connectivity index is 1.98. The van der Waals surface area contributed by atoms with E-state index in [1.54, 1.807) is 23.5 Å². The summed E-state index contributed by atoms with van der Waals surface area (Å²) in [5.74, 6) is 0.790. The van der Waals surface area contributed by atoms with E-state index in [0.29, 0.717) is 11.4 Å². The van der Waals surface area contributed by atoms with Gasteiger partial charge in [-0.1, -0.05) is 61.1 Å². The number of hydrogen-bond acceptors (Lipinski definition) is 3. The summed E-state index contributed by atoms with van der Waals surface area (Å²) in [6.07, 6.45) is 4.72. The normalized spacial score (nSPS) is 22.8. The number of ether oxygens (including phenoxy) is 1. The maximum absolute atomic E-state index is 13.4. The summed E-state index contributed by atoms with van der Waals surface area (Å²) in [7, 11) is -1.97. The average molecular weight is 412 g/mol. The van der Waals surface area contributed by atoms with Crippen molar-refractivity contribution in [1.82, 2.24) is 4.31 Å². The van der Waals surface area contributed by atoms with Crippen molar-refractivity contribution >= 4 is 16.1 Å². The molecule has 0 amide bonds. The number of rotatable bonds is 6. The van der Waals surface area contributed by atoms with Crippen molar-refractivity contribution in [2.45, 2.75) is 38.1 Å². The van der Waals surface area contributed by atoms with E-state index in [-0.39, 0.29) is 11.5 Å². The Morgan fingerprint density at radius 3 is 2.34 bits per heavy atom. The molecule has 1 heterocycles. The molecule has 29 heavy (non-hydrogen) atoms. The fourth-order valence-corrected chi connectivity index (χ4v) is 5.44. The number of benzene rings is 2. The fourth-order valence-electron chi connectivity index (χ4n) is 3.75. The van der Waals surface area contributed by atoms with Crippen molar-refractivity contribution in [1.29, 1.82) is 0 Å². The van der Waals surface area contributed by atoms with Crippen LogP contribution in [0.3, 0.4) is 0 Å². The van der Waals surface area contributed by atoms with Crippen LogP contribution in [-0.4, -0.2) is 32.4 Å². The topological polar surface area (TPSA) is 46.6 Å². The zero-order valence-corrected chi connectivity index (χ0v) is 18.4. The highest BCUT2D eigenvalue weighted by Crippen LogP contribution is 2.45. The first-order valence-electron chi connectivity index (χ1n) is 9.75. The van der Waals surface area contributed by atoms with Gasteiger partial charge in [-0.15, -0.1) is 0 Å². The molecule has 3 rings (SSSR count). The molecule has 154 valence electrons. The van der Waals surface area contributed by atoms with E-state index in [1.807, 2.05) is 62.4 Å². The highest BCUT2D eigenvalue weighted by atomic mass is 32.2. The Morgan fingerprint density at radius 2 is 1.79 bits per heavy atom. The molecule has 0 unspecified atom stereocenters. The van der Waals surface area contributed by atoms with E-state index in [4.69, 9.17) is 4.74 Å². The van der Waals surface area contributed by atoms with E-state index < -0.39 is 10.0 Å². The summed E-state index contributed by atoms with van der Waals surface area (Å²) in [6.45, 7) is 10.7. The molecule has 1 saturated heterocycles. The Morgan fingerprint density at radius 1 is 1.17 bits per heavy atom. The third kappa shape index (κ3) is 4.16. The predicted octanol–water partition coefficient (Wildman–Crippen LogP) is 5.06. The zero-order valence-electron chi connectivity index (χ0n) is 17.6. The molecule has 0 saturated carbocycles. The molecule has 1 aliphatic heterocycles. The summed E-state index contributed by atoms with van der Waals surface area (Å²) in [5.41, 5.74) is 2.70. The molecule has 2 aromatic carbocycles. The molecular formula is C24H29NO3S. The van der Waals surface area contributed by atoms with Crippen LogP contribution in [0.25, 0.3) is 6.08 Å². The van der Waals surface area contributed by atoms with Gasteiger partial charge in [-0.3, -0.25) is 0 Å². The van der Waals surface area contributed by atoms with Gasteiger partial charge in [0, 0.05) is 12.0 Å². The first kappa shape index (κ1) is 21.3. The molecule has 2 aromatic rings. The molecule has 0 spiro atoms. The molecule has 1 aliphatic rings. The number of hydrogen-bond donors (Lipinski definition) is 0. The number of methoxy groups -OCH3 is 1. The lowest BCUT2D eigenvalue weighted by atomic mass is 9.77. The summed E-state index contributed by atoms with van der Waals surface area (Å²) in [6, 6.07) is 14.5. The van der Waals surface area contributed by atoms with Crippen LogP contribution in [0.1, 0.15) is 31.4 Å². The van der Waals surface area contributed by atoms with E-state index in [1.165, 1.54) is 0 Å². The van der Waals surface area contributed by atoms with Crippen LogP contribution in [0.2, 0.25) is 0 Å². The van der Waals surface area contributed by atoms with Crippen LogP contribution < -0.4 is 4.74 Å². The molecule has 0 radical (unpaired) electrons. The first-order valence-corrected chi connectivity index (χ1v) is 11.2. The summed E-state index contributed by atoms with van der Waals surface area (Å²) in [4.78, 5) is 0.330. The summed E-state index contributed by atoms with van der Waals surface area (Å²) < 4.78 is 33.6. The number of sulfonamides is 1. The lowest BCUT2D eigenvalue weighted by Gasteiger charge is -2.33. The second-order valence-electron chi connectivity index (χ2n) is 7.95. The van der Waals surface area contributed by atoms with Crippen LogP contribution in [0.4, 0.5) is 0 Å². The molecule has 0 N–H and O–H groups in total. The molecule has 0 aliphatic carbocycles. The van der Waals surface area contributed by atoms with Gasteiger partial charge in [0.05, 0.1) is 18.0 Å². The molecule has 2 atom stereocenters. The van der Waals surface area contributed by atoms with Crippen LogP contribution in [-0.2, 0) is 10.0 Å². The van der Waals surface area contributed by atoms with Gasteiger partial charge in [-0.2, -0.15) is 4.31 Å². The molecule has 0 aromatic heterocycles. The van der Waals surface area contributed by atoms with Crippen molar-refractivity contribution in [3.63, 3.8) is 0 Å². The minimum absolute atomic E-state index is 0.298. The van der Waals surface area contributed by atoms with Crippen molar-refractivity contribution in [3.8, 4) is 5.75 Å². The van der Waals surface area contributed by atoms with Crippen molar-refractivity contribution < 1.29 is 13.2 Å². The predicted molar refractivity (Wildman–Crippen MR) is 118 cm³/mol. The van der Waals surface area contributed by atoms with Gasteiger partial charge in [0.25, 0.3) is 0 Å². The second-order valence-corrected chi connectivity index (χ2v) is 9.84. The maximum atomic E-state index is 13.4. The van der Waals surface area contributed by atoms with Gasteiger partial charge < -0.3 is 4.74 Å². The van der Waals surface area contributed by atoms with Crippen molar-refractivity contribution in [3.05, 3.63) is 77.9 Å². The summed E-state index contributed by atoms with van der Waals surface area (Å²) in [5, 5.41) is 0. The minimum Gasteiger partial charge on any atom is -0.497 e.